The zero-order valence-electron chi connectivity index (χ0n) is 71.2. The van der Waals surface area contributed by atoms with Gasteiger partial charge >= 0.3 is 0 Å². The molecule has 0 spiro atoms. The molecule has 0 aliphatic heterocycles. The van der Waals surface area contributed by atoms with Gasteiger partial charge in [0.1, 0.15) is 5.78 Å². The number of halogens is 3. The third-order valence-corrected chi connectivity index (χ3v) is 36.7. The van der Waals surface area contributed by atoms with Crippen LogP contribution in [0, 0.1) is 114 Å². The molecule has 16 aliphatic carbocycles. The smallest absolute Gasteiger partial charge is 0.265 e. The number of fused-ring (bicyclic) bond motifs is 20. The van der Waals surface area contributed by atoms with Crippen LogP contribution in [-0.2, 0) is 21.2 Å². The first kappa shape index (κ1) is 83.2. The van der Waals surface area contributed by atoms with Crippen molar-refractivity contribution in [3.8, 4) is 0 Å². The molecule has 0 saturated heterocycles. The predicted octanol–water partition coefficient (Wildman–Crippen LogP) is 22.7. The fourth-order valence-electron chi connectivity index (χ4n) is 29.8. The van der Waals surface area contributed by atoms with Crippen LogP contribution in [0.3, 0.4) is 0 Å². The summed E-state index contributed by atoms with van der Waals surface area (Å²) in [7, 11) is -3.33. The summed E-state index contributed by atoms with van der Waals surface area (Å²) in [6.45, 7) is 21.3. The second-order valence-corrected chi connectivity index (χ2v) is 44.0. The quantitative estimate of drug-likeness (QED) is 0.100. The van der Waals surface area contributed by atoms with E-state index in [0.29, 0.717) is 64.9 Å². The number of pyridine rings is 4. The highest BCUT2D eigenvalue weighted by Crippen LogP contribution is 2.72. The molecule has 12 nitrogen and oxygen atoms in total. The van der Waals surface area contributed by atoms with Crippen LogP contribution in [0.4, 0.5) is 14.5 Å². The third-order valence-electron chi connectivity index (χ3n) is 35.9. The lowest BCUT2D eigenvalue weighted by Gasteiger charge is -2.57. The van der Waals surface area contributed by atoms with Crippen LogP contribution < -0.4 is 4.72 Å². The molecule has 0 amide bonds. The van der Waals surface area contributed by atoms with Gasteiger partial charge in [-0.3, -0.25) is 29.5 Å². The topological polar surface area (TPSA) is 196 Å². The number of allylic oxidation sites excluding steroid dienone is 12. The number of Topliss-reactive ketones (excluding diaryl/α,β-unsaturated/α-hetero) is 1. The average molecular weight is 1630 g/mol. The van der Waals surface area contributed by atoms with Crippen LogP contribution in [-0.4, -0.2) is 85.2 Å². The van der Waals surface area contributed by atoms with E-state index in [1.165, 1.54) is 115 Å². The Hall–Kier alpha value is -6.07. The zero-order valence-corrected chi connectivity index (χ0v) is 72.8. The molecule has 24 atom stereocenters. The molecule has 117 heavy (non-hydrogen) atoms. The van der Waals surface area contributed by atoms with Crippen LogP contribution in [0.15, 0.2) is 145 Å². The Balaban J connectivity index is 0.000000112. The summed E-state index contributed by atoms with van der Waals surface area (Å²) in [4.78, 5) is 28.9. The van der Waals surface area contributed by atoms with Crippen LogP contribution >= 0.6 is 11.6 Å². The van der Waals surface area contributed by atoms with Crippen LogP contribution in [0.25, 0.3) is 22.3 Å². The highest BCUT2D eigenvalue weighted by Gasteiger charge is 2.62. The van der Waals surface area contributed by atoms with Crippen molar-refractivity contribution in [2.75, 3.05) is 11.0 Å². The highest BCUT2D eigenvalue weighted by molar-refractivity contribution is 7.92. The summed E-state index contributed by atoms with van der Waals surface area (Å²) in [5.41, 5.74) is 19.2. The van der Waals surface area contributed by atoms with Gasteiger partial charge in [-0.1, -0.05) is 138 Å². The molecule has 4 heterocycles. The minimum Gasteiger partial charge on any atom is -0.393 e. The maximum Gasteiger partial charge on any atom is 0.265 e. The van der Waals surface area contributed by atoms with Gasteiger partial charge in [-0.15, -0.1) is 0 Å². The second kappa shape index (κ2) is 31.4. The van der Waals surface area contributed by atoms with Gasteiger partial charge in [-0.25, -0.2) is 17.2 Å². The van der Waals surface area contributed by atoms with Gasteiger partial charge in [0.25, 0.3) is 6.43 Å². The summed E-state index contributed by atoms with van der Waals surface area (Å²) in [5, 5.41) is 41.5. The lowest BCUT2D eigenvalue weighted by Crippen LogP contribution is -2.49. The van der Waals surface area contributed by atoms with Gasteiger partial charge in [0.05, 0.1) is 47.6 Å². The molecule has 16 aliphatic rings. The van der Waals surface area contributed by atoms with Gasteiger partial charge in [0.15, 0.2) is 0 Å². The van der Waals surface area contributed by atoms with E-state index in [4.69, 9.17) is 11.6 Å². The molecule has 8 fully saturated rings. The Morgan fingerprint density at radius 3 is 1.05 bits per heavy atom. The van der Waals surface area contributed by atoms with E-state index in [2.05, 4.69) is 141 Å². The lowest BCUT2D eigenvalue weighted by atomic mass is 9.47. The van der Waals surface area contributed by atoms with Crippen molar-refractivity contribution in [2.24, 2.45) is 114 Å². The van der Waals surface area contributed by atoms with Crippen molar-refractivity contribution in [1.29, 1.82) is 0 Å². The molecular weight excluding hydrogens is 1500 g/mol. The number of sulfonamides is 1. The number of hydrogen-bond acceptors (Lipinski definition) is 11. The first-order valence-corrected chi connectivity index (χ1v) is 47.5. The average Bonchev–Trinajstić information content (AvgIpc) is 1.66. The highest BCUT2D eigenvalue weighted by atomic mass is 35.5. The lowest BCUT2D eigenvalue weighted by molar-refractivity contribution is -0.116. The second-order valence-electron chi connectivity index (χ2n) is 41.9. The molecule has 0 aromatic carbocycles. The Morgan fingerprint density at radius 2 is 0.718 bits per heavy atom. The fraction of sp³-hybridized carbons (Fsp3) is 0.634. The number of ketones is 1. The Morgan fingerprint density at radius 1 is 0.410 bits per heavy atom. The summed E-state index contributed by atoms with van der Waals surface area (Å²) >= 11 is 6.24. The number of nitrogens with zero attached hydrogens (tertiary/aromatic N) is 4. The number of carbonyl (C=O) groups excluding carboxylic acids is 1. The van der Waals surface area contributed by atoms with Crippen molar-refractivity contribution in [3.05, 3.63) is 183 Å². The molecular formula is C101H130ClF2N5O7S. The number of aliphatic hydroxyl groups is 4. The van der Waals surface area contributed by atoms with Gasteiger partial charge in [0.2, 0.25) is 10.0 Å². The standard InChI is InChI=1S/C27H35NO2.C25H31F2NO.C25H34N2O3S.C24H30ClNO/c1-17(29)12-18-13-19(16-28-15-18)23-6-7-24-22-5-4-20-14-21(30)8-10-26(20,2)25(22)9-11-27(23,24)3;1-24-9-7-18(29)12-17(24)3-4-19-21-6-5-20(25(21,2)10-8-22(19)24)15-11-16(23(26)27)14-28-13-15;1-24-10-8-19(28)13-17(24)4-5-20-22-7-6-21(25(22,2)11-9-23(20)24)16-12-18(15-26-14-16)27-31(3,29)30;1-23-9-7-18(27)12-16(23)3-4-19-21-6-5-20(15-11-17(25)14-26-13-15)24(21,2)10-8-22(19)23/h4,6,13,15-16,21-22,24-25,30H,5,7-12,14H2,1-3H3;3,5,11,13-14,18-19,21-23,29H,4,6-10,12H2,1-2H3;4,6,12,14-15,19-20,22-23,27-28H,5,7-11,13H2,1-3H3;3,5,11,13-14,18-19,21-22,27H,4,6-10,12H2,1-2H3/t21-,22-,24-,25-,26-,27+;18-,19-,21-,22-,24-,25+;19-,20-,22-,23-,24-,25+;18-,19-,21-,22-,23-,24+/m0000/s1. The Bertz CT molecular complexity index is 4910. The molecule has 0 radical (unpaired) electrons. The fourth-order valence-corrected chi connectivity index (χ4v) is 30.5. The van der Waals surface area contributed by atoms with Crippen LogP contribution in [0.2, 0.25) is 5.02 Å². The van der Waals surface area contributed by atoms with Gasteiger partial charge in [-0.05, 0) is 375 Å². The van der Waals surface area contributed by atoms with Gasteiger partial charge < -0.3 is 20.4 Å². The number of carbonyl (C=O) groups is 1. The minimum atomic E-state index is -3.33. The SMILES string of the molecule is CC(=O)Cc1cncc(C2=CC[C@H]3[C@@H]4CC=C5C[C@@H](O)CC[C@]5(C)[C@H]4CC[C@]23C)c1.C[C@]12CC[C@H](O)CC1=CC[C@@H]1[C@@H]2CC[C@]2(C)C(c3cncc(C(F)F)c3)=CC[C@@H]12.C[C@]12CC[C@H](O)CC1=CC[C@@H]1[C@@H]2CC[C@]2(C)C(c3cncc(Cl)c3)=CC[C@@H]12.C[C@]12CC[C@H](O)CC1=CC[C@@H]1[C@@H]2CC[C@]2(C)C(c3cncc(NS(C)(=O)=O)c3)=CC[C@@H]12. The normalized spacial score (nSPS) is 41.0. The molecule has 0 bridgehead atoms. The number of hydrogen-bond donors (Lipinski definition) is 5. The number of aromatic nitrogens is 4. The third kappa shape index (κ3) is 14.7. The maximum atomic E-state index is 13.2. The van der Waals surface area contributed by atoms with E-state index in [0.717, 1.165) is 167 Å². The molecule has 4 aromatic heterocycles. The number of anilines is 1. The molecule has 5 N–H and O–H groups in total. The molecule has 8 saturated carbocycles. The molecule has 4 aromatic rings. The Labute approximate surface area is 701 Å². The van der Waals surface area contributed by atoms with E-state index < -0.39 is 16.4 Å². The number of aliphatic hydroxyl groups excluding tert-OH is 4. The molecule has 628 valence electrons. The summed E-state index contributed by atoms with van der Waals surface area (Å²) in [6.07, 6.45) is 62.7. The monoisotopic (exact) mass is 1630 g/mol. The summed E-state index contributed by atoms with van der Waals surface area (Å²) in [5.74, 6) is 8.44. The van der Waals surface area contributed by atoms with Crippen LogP contribution in [0.5, 0.6) is 0 Å². The summed E-state index contributed by atoms with van der Waals surface area (Å²) in [6, 6.07) is 7.86. The molecule has 0 unspecified atom stereocenters. The number of rotatable bonds is 9. The van der Waals surface area contributed by atoms with Crippen molar-refractivity contribution in [1.82, 2.24) is 19.9 Å². The number of nitrogens with one attached hydrogen (secondary N) is 1. The van der Waals surface area contributed by atoms with E-state index in [1.807, 2.05) is 30.9 Å². The van der Waals surface area contributed by atoms with Gasteiger partial charge in [0, 0.05) is 55.4 Å². The van der Waals surface area contributed by atoms with E-state index in [-0.39, 0.29) is 73.7 Å². The zero-order chi connectivity index (χ0) is 82.3. The molecule has 16 heteroatoms. The van der Waals surface area contributed by atoms with E-state index in [1.54, 1.807) is 42.7 Å². The van der Waals surface area contributed by atoms with Crippen molar-refractivity contribution >= 4 is 55.4 Å². The Kier molecular flexibility index (Phi) is 22.3. The van der Waals surface area contributed by atoms with E-state index >= 15 is 0 Å². The van der Waals surface area contributed by atoms with Gasteiger partial charge in [-0.2, -0.15) is 0 Å². The van der Waals surface area contributed by atoms with Crippen molar-refractivity contribution < 1.29 is 42.4 Å². The first-order chi connectivity index (χ1) is 55.7. The predicted molar refractivity (Wildman–Crippen MR) is 464 cm³/mol. The van der Waals surface area contributed by atoms with Crippen LogP contribution in [0.1, 0.15) is 282 Å². The minimum absolute atomic E-state index is 0.0163. The number of alkyl halides is 2. The first-order valence-electron chi connectivity index (χ1n) is 45.2. The van der Waals surface area contributed by atoms with Crippen molar-refractivity contribution in [2.45, 2.75) is 279 Å². The van der Waals surface area contributed by atoms with Crippen molar-refractivity contribution in [3.63, 3.8) is 0 Å². The maximum absolute atomic E-state index is 13.2. The largest absolute Gasteiger partial charge is 0.393 e. The summed E-state index contributed by atoms with van der Waals surface area (Å²) < 4.78 is 52.4. The molecule has 20 rings (SSSR count). The van der Waals surface area contributed by atoms with E-state index in [9.17, 15) is 42.4 Å².